The highest BCUT2D eigenvalue weighted by atomic mass is 35.5. The van der Waals surface area contributed by atoms with Gasteiger partial charge in [0.15, 0.2) is 0 Å². The van der Waals surface area contributed by atoms with Crippen molar-refractivity contribution in [3.63, 3.8) is 0 Å². The molecule has 106 valence electrons. The molecule has 3 aromatic rings. The zero-order valence-electron chi connectivity index (χ0n) is 10.5. The lowest BCUT2D eigenvalue weighted by atomic mass is 10.2. The summed E-state index contributed by atoms with van der Waals surface area (Å²) in [6, 6.07) is 9.48. The Kier molecular flexibility index (Phi) is 3.53. The number of halogens is 3. The molecule has 0 atom stereocenters. The SMILES string of the molecule is O=C(Nc1nc2ccccc2[nH]1)c1cc(F)c(Cl)cc1Cl. The third-order valence-corrected chi connectivity index (χ3v) is 3.48. The van der Waals surface area contributed by atoms with Crippen LogP contribution in [-0.4, -0.2) is 15.9 Å². The van der Waals surface area contributed by atoms with Crippen LogP contribution in [0.2, 0.25) is 10.0 Å². The molecule has 7 heteroatoms. The van der Waals surface area contributed by atoms with Crippen molar-refractivity contribution >= 4 is 46.1 Å². The molecule has 0 unspecified atom stereocenters. The van der Waals surface area contributed by atoms with E-state index >= 15 is 0 Å². The normalized spacial score (nSPS) is 10.8. The van der Waals surface area contributed by atoms with Crippen molar-refractivity contribution in [1.82, 2.24) is 9.97 Å². The molecule has 2 N–H and O–H groups in total. The summed E-state index contributed by atoms with van der Waals surface area (Å²) in [4.78, 5) is 19.2. The van der Waals surface area contributed by atoms with E-state index in [0.29, 0.717) is 5.52 Å². The number of carbonyl (C=O) groups excluding carboxylic acids is 1. The molecule has 0 spiro atoms. The predicted octanol–water partition coefficient (Wildman–Crippen LogP) is 4.26. The number of anilines is 1. The highest BCUT2D eigenvalue weighted by molar-refractivity contribution is 6.37. The maximum Gasteiger partial charge on any atom is 0.259 e. The van der Waals surface area contributed by atoms with Gasteiger partial charge in [0.05, 0.1) is 26.6 Å². The lowest BCUT2D eigenvalue weighted by molar-refractivity contribution is 0.102. The Morgan fingerprint density at radius 1 is 1.19 bits per heavy atom. The Hall–Kier alpha value is -2.11. The molecule has 1 amide bonds. The fourth-order valence-electron chi connectivity index (χ4n) is 1.88. The predicted molar refractivity (Wildman–Crippen MR) is 80.5 cm³/mol. The Morgan fingerprint density at radius 3 is 2.71 bits per heavy atom. The first-order chi connectivity index (χ1) is 10.0. The molecule has 1 aromatic heterocycles. The quantitative estimate of drug-likeness (QED) is 0.692. The lowest BCUT2D eigenvalue weighted by Gasteiger charge is -2.05. The molecule has 2 aromatic carbocycles. The summed E-state index contributed by atoms with van der Waals surface area (Å²) < 4.78 is 13.4. The van der Waals surface area contributed by atoms with Crippen LogP contribution in [-0.2, 0) is 0 Å². The fraction of sp³-hybridized carbons (Fsp3) is 0. The molecular formula is C14H8Cl2FN3O. The summed E-state index contributed by atoms with van der Waals surface area (Å²) in [7, 11) is 0. The first-order valence-corrected chi connectivity index (χ1v) is 6.71. The van der Waals surface area contributed by atoms with Crippen LogP contribution in [0.1, 0.15) is 10.4 Å². The number of hydrogen-bond donors (Lipinski definition) is 2. The molecule has 0 saturated carbocycles. The van der Waals surface area contributed by atoms with Crippen molar-refractivity contribution in [2.45, 2.75) is 0 Å². The van der Waals surface area contributed by atoms with Gasteiger partial charge in [0, 0.05) is 0 Å². The molecule has 0 aliphatic carbocycles. The van der Waals surface area contributed by atoms with Crippen molar-refractivity contribution in [2.24, 2.45) is 0 Å². The van der Waals surface area contributed by atoms with E-state index in [1.165, 1.54) is 6.07 Å². The first-order valence-electron chi connectivity index (χ1n) is 5.95. The Bertz CT molecular complexity index is 814. The van der Waals surface area contributed by atoms with Gasteiger partial charge in [0.25, 0.3) is 5.91 Å². The maximum atomic E-state index is 13.4. The summed E-state index contributed by atoms with van der Waals surface area (Å²) in [5.74, 6) is -1.03. The van der Waals surface area contributed by atoms with Gasteiger partial charge in [-0.25, -0.2) is 9.37 Å². The Labute approximate surface area is 128 Å². The van der Waals surface area contributed by atoms with Gasteiger partial charge in [-0.05, 0) is 24.3 Å². The number of H-pyrrole nitrogens is 1. The number of carbonyl (C=O) groups is 1. The van der Waals surface area contributed by atoms with Crippen LogP contribution in [0.15, 0.2) is 36.4 Å². The van der Waals surface area contributed by atoms with Crippen LogP contribution in [0.4, 0.5) is 10.3 Å². The van der Waals surface area contributed by atoms with Crippen molar-refractivity contribution in [3.8, 4) is 0 Å². The molecule has 0 fully saturated rings. The molecule has 4 nitrogen and oxygen atoms in total. The molecule has 0 saturated heterocycles. The summed E-state index contributed by atoms with van der Waals surface area (Å²) in [5, 5.41) is 2.46. The number of amides is 1. The first kappa shape index (κ1) is 13.9. The van der Waals surface area contributed by atoms with Gasteiger partial charge in [0.2, 0.25) is 5.95 Å². The number of para-hydroxylation sites is 2. The summed E-state index contributed by atoms with van der Waals surface area (Å²) in [6.07, 6.45) is 0. The van der Waals surface area contributed by atoms with E-state index in [9.17, 15) is 9.18 Å². The minimum Gasteiger partial charge on any atom is -0.324 e. The Morgan fingerprint density at radius 2 is 1.95 bits per heavy atom. The monoisotopic (exact) mass is 323 g/mol. The molecular weight excluding hydrogens is 316 g/mol. The van der Waals surface area contributed by atoms with Crippen LogP contribution in [0.3, 0.4) is 0 Å². The smallest absolute Gasteiger partial charge is 0.259 e. The topological polar surface area (TPSA) is 57.8 Å². The molecule has 1 heterocycles. The minimum atomic E-state index is -0.712. The van der Waals surface area contributed by atoms with Crippen LogP contribution < -0.4 is 5.32 Å². The van der Waals surface area contributed by atoms with Gasteiger partial charge in [-0.3, -0.25) is 10.1 Å². The maximum absolute atomic E-state index is 13.4. The average molecular weight is 324 g/mol. The second-order valence-corrected chi connectivity index (χ2v) is 5.12. The van der Waals surface area contributed by atoms with E-state index in [1.54, 1.807) is 6.07 Å². The van der Waals surface area contributed by atoms with Crippen LogP contribution in [0.5, 0.6) is 0 Å². The van der Waals surface area contributed by atoms with Crippen LogP contribution in [0.25, 0.3) is 11.0 Å². The van der Waals surface area contributed by atoms with E-state index in [4.69, 9.17) is 23.2 Å². The van der Waals surface area contributed by atoms with Crippen molar-refractivity contribution in [3.05, 3.63) is 57.8 Å². The second kappa shape index (κ2) is 5.35. The third kappa shape index (κ3) is 2.70. The molecule has 0 bridgehead atoms. The summed E-state index contributed by atoms with van der Waals surface area (Å²) in [6.45, 7) is 0. The van der Waals surface area contributed by atoms with Crippen molar-refractivity contribution < 1.29 is 9.18 Å². The van der Waals surface area contributed by atoms with Crippen LogP contribution in [0, 0.1) is 5.82 Å². The number of aromatic nitrogens is 2. The fourth-order valence-corrected chi connectivity index (χ4v) is 2.35. The molecule has 3 rings (SSSR count). The number of nitrogens with zero attached hydrogens (tertiary/aromatic N) is 1. The molecule has 21 heavy (non-hydrogen) atoms. The second-order valence-electron chi connectivity index (χ2n) is 4.30. The number of hydrogen-bond acceptors (Lipinski definition) is 2. The van der Waals surface area contributed by atoms with E-state index in [1.807, 2.05) is 18.2 Å². The molecule has 0 aliphatic rings. The van der Waals surface area contributed by atoms with E-state index in [0.717, 1.165) is 11.6 Å². The van der Waals surface area contributed by atoms with Gasteiger partial charge in [-0.15, -0.1) is 0 Å². The zero-order valence-corrected chi connectivity index (χ0v) is 12.0. The standard InChI is InChI=1S/C14H8Cl2FN3O/c15-8-6-9(16)10(17)5-7(8)13(21)20-14-18-11-3-1-2-4-12(11)19-14/h1-6H,(H2,18,19,20,21). The number of benzene rings is 2. The lowest BCUT2D eigenvalue weighted by Crippen LogP contribution is -2.14. The van der Waals surface area contributed by atoms with Gasteiger partial charge >= 0.3 is 0 Å². The van der Waals surface area contributed by atoms with E-state index in [-0.39, 0.29) is 21.6 Å². The highest BCUT2D eigenvalue weighted by Crippen LogP contribution is 2.25. The number of aromatic amines is 1. The van der Waals surface area contributed by atoms with Crippen molar-refractivity contribution in [2.75, 3.05) is 5.32 Å². The summed E-state index contributed by atoms with van der Waals surface area (Å²) >= 11 is 11.5. The van der Waals surface area contributed by atoms with Gasteiger partial charge in [0.1, 0.15) is 5.82 Å². The Balaban J connectivity index is 1.91. The van der Waals surface area contributed by atoms with E-state index < -0.39 is 11.7 Å². The average Bonchev–Trinajstić information content (AvgIpc) is 2.84. The largest absolute Gasteiger partial charge is 0.324 e. The highest BCUT2D eigenvalue weighted by Gasteiger charge is 2.15. The van der Waals surface area contributed by atoms with Gasteiger partial charge in [-0.2, -0.15) is 0 Å². The minimum absolute atomic E-state index is 0.0148. The number of rotatable bonds is 2. The van der Waals surface area contributed by atoms with Gasteiger partial charge in [-0.1, -0.05) is 35.3 Å². The van der Waals surface area contributed by atoms with E-state index in [2.05, 4.69) is 15.3 Å². The molecule has 0 radical (unpaired) electrons. The number of nitrogens with one attached hydrogen (secondary N) is 2. The number of fused-ring (bicyclic) bond motifs is 1. The van der Waals surface area contributed by atoms with Crippen LogP contribution >= 0.6 is 23.2 Å². The third-order valence-electron chi connectivity index (χ3n) is 2.88. The van der Waals surface area contributed by atoms with Crippen molar-refractivity contribution in [1.29, 1.82) is 0 Å². The number of imidazole rings is 1. The zero-order chi connectivity index (χ0) is 15.0. The summed E-state index contributed by atoms with van der Waals surface area (Å²) in [5.41, 5.74) is 1.47. The molecule has 0 aliphatic heterocycles. The van der Waals surface area contributed by atoms with Gasteiger partial charge < -0.3 is 4.98 Å².